The third-order valence-corrected chi connectivity index (χ3v) is 7.09. The zero-order chi connectivity index (χ0) is 21.2. The van der Waals surface area contributed by atoms with Crippen LogP contribution in [0.4, 0.5) is 16.2 Å². The molecule has 2 heterocycles. The number of cyclic esters (lactones) is 1. The van der Waals surface area contributed by atoms with E-state index in [0.717, 1.165) is 11.4 Å². The molecule has 0 spiro atoms. The van der Waals surface area contributed by atoms with E-state index in [1.54, 1.807) is 25.9 Å². The van der Waals surface area contributed by atoms with Crippen molar-refractivity contribution in [3.63, 3.8) is 0 Å². The lowest BCUT2D eigenvalue weighted by Gasteiger charge is -2.36. The van der Waals surface area contributed by atoms with Crippen LogP contribution in [-0.2, 0) is 14.9 Å². The van der Waals surface area contributed by atoms with Gasteiger partial charge in [-0.1, -0.05) is 12.2 Å². The summed E-state index contributed by atoms with van der Waals surface area (Å²) in [7, 11) is -0.291. The second-order valence-corrected chi connectivity index (χ2v) is 10.0. The molecule has 1 aromatic carbocycles. The molecule has 11 heteroatoms. The quantitative estimate of drug-likeness (QED) is 0.656. The largest absolute Gasteiger partial charge is 0.442 e. The van der Waals surface area contributed by atoms with Gasteiger partial charge in [0.05, 0.1) is 18.1 Å². The van der Waals surface area contributed by atoms with Crippen LogP contribution < -0.4 is 15.1 Å². The van der Waals surface area contributed by atoms with Gasteiger partial charge in [-0.2, -0.15) is 17.0 Å². The standard InChI is InChI=1S/C18H27N5O4S2/c1-14(28)19-12-17-13-23(18(24)27-17)16-6-4-15(5-7-16)21-8-10-22(11-9-21)29(25,26)20(2)3/h4-7,17H,8-13H2,1-3H3,(H,19,28)/t17-/m0/s1. The number of ether oxygens (including phenoxy) is 1. The van der Waals surface area contributed by atoms with Gasteiger partial charge in [0.2, 0.25) is 0 Å². The number of benzene rings is 1. The predicted molar refractivity (Wildman–Crippen MR) is 117 cm³/mol. The third kappa shape index (κ3) is 4.97. The molecule has 2 fully saturated rings. The Morgan fingerprint density at radius 3 is 2.31 bits per heavy atom. The second kappa shape index (κ2) is 8.82. The van der Waals surface area contributed by atoms with E-state index in [2.05, 4.69) is 10.2 Å². The number of thiocarbonyl (C=S) groups is 1. The first-order valence-electron chi connectivity index (χ1n) is 9.43. The van der Waals surface area contributed by atoms with Gasteiger partial charge in [-0.25, -0.2) is 4.79 Å². The fraction of sp³-hybridized carbons (Fsp3) is 0.556. The Balaban J connectivity index is 1.59. The minimum Gasteiger partial charge on any atom is -0.442 e. The van der Waals surface area contributed by atoms with Crippen LogP contribution in [0.25, 0.3) is 0 Å². The molecule has 0 saturated carbocycles. The fourth-order valence-corrected chi connectivity index (χ4v) is 4.52. The number of amides is 1. The number of hydrogen-bond donors (Lipinski definition) is 1. The van der Waals surface area contributed by atoms with Gasteiger partial charge in [-0.05, 0) is 31.2 Å². The summed E-state index contributed by atoms with van der Waals surface area (Å²) in [6.45, 7) is 4.86. The van der Waals surface area contributed by atoms with Gasteiger partial charge in [0.1, 0.15) is 6.10 Å². The minimum atomic E-state index is -3.38. The van der Waals surface area contributed by atoms with E-state index >= 15 is 0 Å². The number of nitrogens with one attached hydrogen (secondary N) is 1. The smallest absolute Gasteiger partial charge is 0.414 e. The van der Waals surface area contributed by atoms with Gasteiger partial charge in [-0.15, -0.1) is 0 Å². The first-order valence-corrected chi connectivity index (χ1v) is 11.2. The molecule has 2 aliphatic rings. The minimum absolute atomic E-state index is 0.244. The molecule has 0 aromatic heterocycles. The molecule has 1 aromatic rings. The molecule has 0 aliphatic carbocycles. The van der Waals surface area contributed by atoms with Crippen molar-refractivity contribution in [2.24, 2.45) is 0 Å². The number of piperazine rings is 1. The Morgan fingerprint density at radius 1 is 1.17 bits per heavy atom. The predicted octanol–water partition coefficient (Wildman–Crippen LogP) is 0.877. The van der Waals surface area contributed by atoms with Crippen molar-refractivity contribution in [3.05, 3.63) is 24.3 Å². The van der Waals surface area contributed by atoms with Gasteiger partial charge in [-0.3, -0.25) is 4.90 Å². The van der Waals surface area contributed by atoms with E-state index in [0.29, 0.717) is 44.3 Å². The Kier molecular flexibility index (Phi) is 6.62. The average molecular weight is 442 g/mol. The summed E-state index contributed by atoms with van der Waals surface area (Å²) in [6.07, 6.45) is -0.610. The van der Waals surface area contributed by atoms with Crippen molar-refractivity contribution in [3.8, 4) is 0 Å². The van der Waals surface area contributed by atoms with E-state index in [4.69, 9.17) is 17.0 Å². The number of rotatable bonds is 6. The van der Waals surface area contributed by atoms with Crippen LogP contribution in [0.1, 0.15) is 6.92 Å². The summed E-state index contributed by atoms with van der Waals surface area (Å²) in [6, 6.07) is 7.68. The zero-order valence-electron chi connectivity index (χ0n) is 16.9. The molecule has 29 heavy (non-hydrogen) atoms. The molecule has 2 aliphatic heterocycles. The number of anilines is 2. The van der Waals surface area contributed by atoms with E-state index in [1.807, 2.05) is 24.3 Å². The third-order valence-electron chi connectivity index (χ3n) is 5.01. The summed E-state index contributed by atoms with van der Waals surface area (Å²) >= 11 is 4.99. The number of hydrogen-bond acceptors (Lipinski definition) is 6. The Morgan fingerprint density at radius 2 is 1.76 bits per heavy atom. The van der Waals surface area contributed by atoms with E-state index in [-0.39, 0.29) is 12.2 Å². The topological polar surface area (TPSA) is 85.4 Å². The number of nitrogens with zero attached hydrogens (tertiary/aromatic N) is 4. The summed E-state index contributed by atoms with van der Waals surface area (Å²) in [5.41, 5.74) is 1.77. The van der Waals surface area contributed by atoms with Crippen LogP contribution in [0.5, 0.6) is 0 Å². The van der Waals surface area contributed by atoms with Crippen LogP contribution in [0.2, 0.25) is 0 Å². The monoisotopic (exact) mass is 441 g/mol. The summed E-state index contributed by atoms with van der Waals surface area (Å²) in [4.78, 5) is 16.6. The Hall–Kier alpha value is -1.95. The maximum absolute atomic E-state index is 12.2. The van der Waals surface area contributed by atoms with Gasteiger partial charge >= 0.3 is 6.09 Å². The van der Waals surface area contributed by atoms with Crippen molar-refractivity contribution in [2.75, 3.05) is 63.2 Å². The second-order valence-electron chi connectivity index (χ2n) is 7.25. The number of carbonyl (C=O) groups is 1. The maximum Gasteiger partial charge on any atom is 0.414 e. The zero-order valence-corrected chi connectivity index (χ0v) is 18.5. The van der Waals surface area contributed by atoms with E-state index in [1.165, 1.54) is 8.61 Å². The molecule has 2 saturated heterocycles. The Bertz CT molecular complexity index is 852. The van der Waals surface area contributed by atoms with Crippen LogP contribution in [0, 0.1) is 0 Å². The lowest BCUT2D eigenvalue weighted by Crippen LogP contribution is -2.51. The highest BCUT2D eigenvalue weighted by atomic mass is 32.2. The SMILES string of the molecule is CC(=S)NC[C@H]1CN(c2ccc(N3CCN(S(=O)(=O)N(C)C)CC3)cc2)C(=O)O1. The van der Waals surface area contributed by atoms with Crippen LogP contribution in [0.15, 0.2) is 24.3 Å². The van der Waals surface area contributed by atoms with Gasteiger partial charge in [0, 0.05) is 51.6 Å². The van der Waals surface area contributed by atoms with E-state index < -0.39 is 10.2 Å². The summed E-state index contributed by atoms with van der Waals surface area (Å²) in [5.74, 6) is 0. The Labute approximate surface area is 177 Å². The molecule has 0 bridgehead atoms. The van der Waals surface area contributed by atoms with Crippen molar-refractivity contribution in [1.82, 2.24) is 13.9 Å². The van der Waals surface area contributed by atoms with Crippen molar-refractivity contribution >= 4 is 44.9 Å². The van der Waals surface area contributed by atoms with E-state index in [9.17, 15) is 13.2 Å². The number of carbonyl (C=O) groups excluding carboxylic acids is 1. The molecule has 160 valence electrons. The van der Waals surface area contributed by atoms with Crippen molar-refractivity contribution in [1.29, 1.82) is 0 Å². The normalized spacial score (nSPS) is 20.8. The highest BCUT2D eigenvalue weighted by Crippen LogP contribution is 2.26. The fourth-order valence-electron chi connectivity index (χ4n) is 3.35. The average Bonchev–Trinajstić information content (AvgIpc) is 3.07. The lowest BCUT2D eigenvalue weighted by atomic mass is 10.2. The van der Waals surface area contributed by atoms with Crippen molar-refractivity contribution < 1.29 is 17.9 Å². The highest BCUT2D eigenvalue weighted by Gasteiger charge is 2.32. The molecule has 1 amide bonds. The highest BCUT2D eigenvalue weighted by molar-refractivity contribution is 7.86. The maximum atomic E-state index is 12.2. The van der Waals surface area contributed by atoms with Crippen molar-refractivity contribution in [2.45, 2.75) is 13.0 Å². The van der Waals surface area contributed by atoms with Crippen LogP contribution in [0.3, 0.4) is 0 Å². The molecule has 9 nitrogen and oxygen atoms in total. The van der Waals surface area contributed by atoms with Gasteiger partial charge < -0.3 is 15.0 Å². The van der Waals surface area contributed by atoms with Crippen LogP contribution >= 0.6 is 12.2 Å². The molecule has 1 atom stereocenters. The first-order chi connectivity index (χ1) is 13.7. The molecule has 0 unspecified atom stereocenters. The van der Waals surface area contributed by atoms with Gasteiger partial charge in [0.25, 0.3) is 10.2 Å². The molecule has 3 rings (SSSR count). The molecular formula is C18H27N5O4S2. The lowest BCUT2D eigenvalue weighted by molar-refractivity contribution is 0.143. The van der Waals surface area contributed by atoms with Gasteiger partial charge in [0.15, 0.2) is 0 Å². The molecule has 0 radical (unpaired) electrons. The molecule has 1 N–H and O–H groups in total. The summed E-state index contributed by atoms with van der Waals surface area (Å²) < 4.78 is 32.6. The summed E-state index contributed by atoms with van der Waals surface area (Å²) in [5, 5.41) is 3.02. The molecular weight excluding hydrogens is 414 g/mol. The first kappa shape index (κ1) is 21.8. The van der Waals surface area contributed by atoms with Crippen LogP contribution in [-0.4, -0.2) is 87.6 Å².